The highest BCUT2D eigenvalue weighted by molar-refractivity contribution is 5.83. The summed E-state index contributed by atoms with van der Waals surface area (Å²) >= 11 is 0. The fourth-order valence-electron chi connectivity index (χ4n) is 10.8. The predicted molar refractivity (Wildman–Crippen MR) is 140 cm³/mol. The van der Waals surface area contributed by atoms with Crippen LogP contribution < -0.4 is 0 Å². The van der Waals surface area contributed by atoms with Gasteiger partial charge >= 0.3 is 0 Å². The van der Waals surface area contributed by atoms with Crippen molar-refractivity contribution < 1.29 is 25.2 Å². The Balaban J connectivity index is 1.32. The minimum absolute atomic E-state index is 0.0341. The van der Waals surface area contributed by atoms with Gasteiger partial charge in [0.2, 0.25) is 0 Å². The number of aliphatic hydroxyl groups excluding tert-OH is 4. The highest BCUT2D eigenvalue weighted by Crippen LogP contribution is 2.68. The molecule has 5 fully saturated rings. The first-order chi connectivity index (χ1) is 17.0. The molecular weight excluding hydrogens is 452 g/mol. The third kappa shape index (κ3) is 4.23. The minimum atomic E-state index is -0.780. The van der Waals surface area contributed by atoms with Crippen LogP contribution in [-0.4, -0.2) is 50.6 Å². The molecule has 0 heterocycles. The van der Waals surface area contributed by atoms with Crippen LogP contribution in [0.15, 0.2) is 0 Å². The highest BCUT2D eigenvalue weighted by Gasteiger charge is 2.63. The average molecular weight is 505 g/mol. The molecule has 36 heavy (non-hydrogen) atoms. The molecule has 0 amide bonds. The topological polar surface area (TPSA) is 98.0 Å². The van der Waals surface area contributed by atoms with Gasteiger partial charge in [0.15, 0.2) is 0 Å². The summed E-state index contributed by atoms with van der Waals surface area (Å²) in [6.07, 6.45) is 9.07. The minimum Gasteiger partial charge on any atom is -0.390 e. The van der Waals surface area contributed by atoms with E-state index < -0.39 is 24.4 Å². The molecule has 13 atom stereocenters. The number of aliphatic hydroxyl groups is 4. The van der Waals surface area contributed by atoms with Gasteiger partial charge in [0, 0.05) is 12.3 Å². The second kappa shape index (κ2) is 9.92. The van der Waals surface area contributed by atoms with E-state index >= 15 is 0 Å². The number of rotatable bonds is 5. The van der Waals surface area contributed by atoms with Gasteiger partial charge in [0.1, 0.15) is 5.78 Å². The van der Waals surface area contributed by atoms with E-state index in [4.69, 9.17) is 0 Å². The van der Waals surface area contributed by atoms with Crippen molar-refractivity contribution in [1.29, 1.82) is 0 Å². The van der Waals surface area contributed by atoms with Crippen molar-refractivity contribution in [1.82, 2.24) is 0 Å². The molecule has 0 aromatic carbocycles. The van der Waals surface area contributed by atoms with E-state index in [0.717, 1.165) is 25.7 Å². The van der Waals surface area contributed by atoms with Crippen LogP contribution in [0.4, 0.5) is 0 Å². The standard InChI is InChI=1S/C31H52O5/c1-17(19-8-6-5-7-9-19)28(35)29(36)18(2)21-10-11-22-20-14-25(32)24-15-26(33)27(34)16-31(24,4)23(20)12-13-30(21,22)3/h17-24,26-29,33-36H,5-16H2,1-4H3/t17-,18-,20-,21+,22-,23-,24?,26-,27+,28+,29+,30+,31+/m0/s1. The second-order valence-corrected chi connectivity index (χ2v) is 14.5. The molecule has 4 N–H and O–H groups in total. The zero-order chi connectivity index (χ0) is 26.0. The van der Waals surface area contributed by atoms with Gasteiger partial charge in [-0.05, 0) is 90.8 Å². The molecule has 0 aliphatic heterocycles. The molecule has 5 saturated carbocycles. The molecule has 1 unspecified atom stereocenters. The van der Waals surface area contributed by atoms with E-state index in [2.05, 4.69) is 27.7 Å². The fraction of sp³-hybridized carbons (Fsp3) is 0.968. The molecule has 0 radical (unpaired) electrons. The van der Waals surface area contributed by atoms with Crippen molar-refractivity contribution in [2.75, 3.05) is 0 Å². The van der Waals surface area contributed by atoms with Gasteiger partial charge in [-0.1, -0.05) is 59.8 Å². The van der Waals surface area contributed by atoms with Crippen LogP contribution in [0.3, 0.4) is 0 Å². The van der Waals surface area contributed by atoms with Crippen LogP contribution in [0.2, 0.25) is 0 Å². The monoisotopic (exact) mass is 504 g/mol. The van der Waals surface area contributed by atoms with E-state index in [-0.39, 0.29) is 28.6 Å². The smallest absolute Gasteiger partial charge is 0.136 e. The molecule has 5 aliphatic carbocycles. The Kier molecular flexibility index (Phi) is 7.46. The first kappa shape index (κ1) is 27.1. The number of carbonyl (C=O) groups excluding carboxylic acids is 1. The first-order valence-electron chi connectivity index (χ1n) is 15.2. The number of hydrogen-bond donors (Lipinski definition) is 4. The molecule has 5 aliphatic rings. The maximum absolute atomic E-state index is 13.4. The zero-order valence-corrected chi connectivity index (χ0v) is 23.1. The third-order valence-corrected chi connectivity index (χ3v) is 13.0. The van der Waals surface area contributed by atoms with Crippen LogP contribution >= 0.6 is 0 Å². The fourth-order valence-corrected chi connectivity index (χ4v) is 10.8. The lowest BCUT2D eigenvalue weighted by Gasteiger charge is -2.61. The summed E-state index contributed by atoms with van der Waals surface area (Å²) in [4.78, 5) is 13.4. The van der Waals surface area contributed by atoms with Gasteiger partial charge in [-0.2, -0.15) is 0 Å². The van der Waals surface area contributed by atoms with Crippen LogP contribution in [-0.2, 0) is 4.79 Å². The molecule has 5 rings (SSSR count). The Morgan fingerprint density at radius 3 is 2.14 bits per heavy atom. The van der Waals surface area contributed by atoms with Gasteiger partial charge in [0.25, 0.3) is 0 Å². The average Bonchev–Trinajstić information content (AvgIpc) is 3.22. The number of hydrogen-bond acceptors (Lipinski definition) is 5. The molecule has 0 bridgehead atoms. The molecule has 0 aromatic heterocycles. The Labute approximate surface area is 218 Å². The zero-order valence-electron chi connectivity index (χ0n) is 23.1. The van der Waals surface area contributed by atoms with E-state index in [1.807, 2.05) is 0 Å². The molecule has 0 saturated heterocycles. The lowest BCUT2D eigenvalue weighted by molar-refractivity contribution is -0.175. The second-order valence-electron chi connectivity index (χ2n) is 14.5. The van der Waals surface area contributed by atoms with Crippen molar-refractivity contribution in [3.8, 4) is 0 Å². The molecule has 0 aromatic rings. The molecule has 0 spiro atoms. The van der Waals surface area contributed by atoms with Gasteiger partial charge in [-0.3, -0.25) is 4.79 Å². The van der Waals surface area contributed by atoms with Gasteiger partial charge in [-0.15, -0.1) is 0 Å². The van der Waals surface area contributed by atoms with Crippen molar-refractivity contribution in [2.24, 2.45) is 58.2 Å². The van der Waals surface area contributed by atoms with Crippen molar-refractivity contribution in [3.05, 3.63) is 0 Å². The van der Waals surface area contributed by atoms with Crippen LogP contribution in [0.25, 0.3) is 0 Å². The lowest BCUT2D eigenvalue weighted by atomic mass is 9.44. The summed E-state index contributed by atoms with van der Waals surface area (Å²) in [5.41, 5.74) is -0.152. The van der Waals surface area contributed by atoms with Crippen LogP contribution in [0.1, 0.15) is 105 Å². The lowest BCUT2D eigenvalue weighted by Crippen LogP contribution is -2.59. The van der Waals surface area contributed by atoms with Gasteiger partial charge in [0.05, 0.1) is 24.4 Å². The largest absolute Gasteiger partial charge is 0.390 e. The number of Topliss-reactive ketones (excluding diaryl/α,β-unsaturated/α-hetero) is 1. The Bertz CT molecular complexity index is 809. The quantitative estimate of drug-likeness (QED) is 0.434. The molecule has 5 nitrogen and oxygen atoms in total. The number of carbonyl (C=O) groups is 1. The van der Waals surface area contributed by atoms with Crippen LogP contribution in [0, 0.1) is 58.2 Å². The van der Waals surface area contributed by atoms with E-state index in [1.54, 1.807) is 0 Å². The summed E-state index contributed by atoms with van der Waals surface area (Å²) in [5.74, 6) is 2.40. The number of fused-ring (bicyclic) bond motifs is 5. The van der Waals surface area contributed by atoms with Gasteiger partial charge in [-0.25, -0.2) is 0 Å². The maximum Gasteiger partial charge on any atom is 0.136 e. The Hall–Kier alpha value is -0.490. The molecule has 5 heteroatoms. The van der Waals surface area contributed by atoms with Gasteiger partial charge < -0.3 is 20.4 Å². The summed E-state index contributed by atoms with van der Waals surface area (Å²) in [5, 5.41) is 43.5. The van der Waals surface area contributed by atoms with E-state index in [9.17, 15) is 25.2 Å². The van der Waals surface area contributed by atoms with Crippen molar-refractivity contribution in [2.45, 2.75) is 129 Å². The predicted octanol–water partition coefficient (Wildman–Crippen LogP) is 4.73. The molecule has 206 valence electrons. The Morgan fingerprint density at radius 1 is 0.806 bits per heavy atom. The van der Waals surface area contributed by atoms with Crippen molar-refractivity contribution >= 4 is 5.78 Å². The maximum atomic E-state index is 13.4. The number of ketones is 1. The summed E-state index contributed by atoms with van der Waals surface area (Å²) in [6.45, 7) is 8.92. The SMILES string of the molecule is C[C@H]([C@@H](O)[C@H](O)[C@@H](C)C1CCCCC1)[C@H]1CC[C@H]2[C@@H]3CC(=O)C4C[C@H](O)[C@H](O)C[C@]4(C)[C@H]3CC[C@]12C. The highest BCUT2D eigenvalue weighted by atomic mass is 16.3. The summed E-state index contributed by atoms with van der Waals surface area (Å²) in [6, 6.07) is 0. The van der Waals surface area contributed by atoms with Crippen molar-refractivity contribution in [3.63, 3.8) is 0 Å². The summed E-state index contributed by atoms with van der Waals surface area (Å²) in [7, 11) is 0. The van der Waals surface area contributed by atoms with E-state index in [0.29, 0.717) is 54.6 Å². The summed E-state index contributed by atoms with van der Waals surface area (Å²) < 4.78 is 0. The first-order valence-corrected chi connectivity index (χ1v) is 15.2. The molecular formula is C31H52O5. The van der Waals surface area contributed by atoms with Crippen LogP contribution in [0.5, 0.6) is 0 Å². The normalized spacial score (nSPS) is 48.9. The Morgan fingerprint density at radius 2 is 1.44 bits per heavy atom. The van der Waals surface area contributed by atoms with E-state index in [1.165, 1.54) is 32.1 Å². The third-order valence-electron chi connectivity index (χ3n) is 13.0.